The molecule has 0 atom stereocenters. The van der Waals surface area contributed by atoms with E-state index in [0.29, 0.717) is 6.61 Å². The fourth-order valence-corrected chi connectivity index (χ4v) is 1.29. The highest BCUT2D eigenvalue weighted by atomic mass is 19.1. The molecule has 0 aliphatic heterocycles. The summed E-state index contributed by atoms with van der Waals surface area (Å²) in [6, 6.07) is 0. The fourth-order valence-electron chi connectivity index (χ4n) is 1.29. The summed E-state index contributed by atoms with van der Waals surface area (Å²) in [5.41, 5.74) is 0.116. The SMILES string of the molecule is CC(C)C(=O)c1ncc(OCCC(C)(C)C)c(F)n1. The van der Waals surface area contributed by atoms with Crippen LogP contribution in [0.3, 0.4) is 0 Å². The molecular formula is C14H21FN2O2. The number of ether oxygens (including phenoxy) is 1. The molecule has 1 heterocycles. The topological polar surface area (TPSA) is 52.1 Å². The van der Waals surface area contributed by atoms with E-state index in [-0.39, 0.29) is 28.7 Å². The van der Waals surface area contributed by atoms with Crippen molar-refractivity contribution in [1.29, 1.82) is 0 Å². The van der Waals surface area contributed by atoms with Gasteiger partial charge in [0.1, 0.15) is 0 Å². The second-order valence-corrected chi connectivity index (χ2v) is 6.03. The highest BCUT2D eigenvalue weighted by Crippen LogP contribution is 2.20. The summed E-state index contributed by atoms with van der Waals surface area (Å²) in [6.07, 6.45) is 2.01. The van der Waals surface area contributed by atoms with E-state index in [1.807, 2.05) is 0 Å². The van der Waals surface area contributed by atoms with Gasteiger partial charge in [-0.05, 0) is 11.8 Å². The first-order valence-corrected chi connectivity index (χ1v) is 6.40. The van der Waals surface area contributed by atoms with Gasteiger partial charge in [-0.3, -0.25) is 4.79 Å². The van der Waals surface area contributed by atoms with Gasteiger partial charge in [0.05, 0.1) is 12.8 Å². The standard InChI is InChI=1S/C14H21FN2O2/c1-9(2)11(18)13-16-8-10(12(15)17-13)19-7-6-14(3,4)5/h8-9H,6-7H2,1-5H3. The third kappa shape index (κ3) is 4.93. The van der Waals surface area contributed by atoms with E-state index >= 15 is 0 Å². The van der Waals surface area contributed by atoms with Crippen LogP contribution in [0.15, 0.2) is 6.20 Å². The second-order valence-electron chi connectivity index (χ2n) is 6.03. The van der Waals surface area contributed by atoms with Crippen molar-refractivity contribution < 1.29 is 13.9 Å². The maximum atomic E-state index is 13.7. The molecule has 1 aromatic rings. The normalized spacial score (nSPS) is 11.7. The van der Waals surface area contributed by atoms with Crippen LogP contribution in [0.2, 0.25) is 0 Å². The number of halogens is 1. The minimum Gasteiger partial charge on any atom is -0.487 e. The Balaban J connectivity index is 2.70. The average molecular weight is 268 g/mol. The number of hydrogen-bond acceptors (Lipinski definition) is 4. The summed E-state index contributed by atoms with van der Waals surface area (Å²) in [4.78, 5) is 19.0. The Morgan fingerprint density at radius 1 is 1.42 bits per heavy atom. The van der Waals surface area contributed by atoms with Gasteiger partial charge in [-0.15, -0.1) is 0 Å². The Kier molecular flexibility index (Phi) is 4.97. The zero-order valence-electron chi connectivity index (χ0n) is 12.2. The van der Waals surface area contributed by atoms with Crippen LogP contribution in [0.5, 0.6) is 5.75 Å². The summed E-state index contributed by atoms with van der Waals surface area (Å²) < 4.78 is 19.0. The Hall–Kier alpha value is -1.52. The van der Waals surface area contributed by atoms with Crippen LogP contribution in [-0.2, 0) is 0 Å². The van der Waals surface area contributed by atoms with Gasteiger partial charge >= 0.3 is 0 Å². The average Bonchev–Trinajstić information content (AvgIpc) is 2.28. The molecule has 0 unspecified atom stereocenters. The molecule has 0 radical (unpaired) electrons. The Morgan fingerprint density at radius 3 is 2.53 bits per heavy atom. The monoisotopic (exact) mass is 268 g/mol. The second kappa shape index (κ2) is 6.08. The summed E-state index contributed by atoms with van der Waals surface area (Å²) in [7, 11) is 0. The number of carbonyl (C=O) groups excluding carboxylic acids is 1. The molecule has 19 heavy (non-hydrogen) atoms. The minimum atomic E-state index is -0.784. The van der Waals surface area contributed by atoms with E-state index in [1.54, 1.807) is 13.8 Å². The molecule has 0 bridgehead atoms. The predicted molar refractivity (Wildman–Crippen MR) is 70.7 cm³/mol. The van der Waals surface area contributed by atoms with Crippen molar-refractivity contribution in [1.82, 2.24) is 9.97 Å². The van der Waals surface area contributed by atoms with E-state index in [9.17, 15) is 9.18 Å². The van der Waals surface area contributed by atoms with Crippen molar-refractivity contribution in [3.8, 4) is 5.75 Å². The van der Waals surface area contributed by atoms with Crippen LogP contribution < -0.4 is 4.74 Å². The van der Waals surface area contributed by atoms with Crippen molar-refractivity contribution in [2.24, 2.45) is 11.3 Å². The van der Waals surface area contributed by atoms with Gasteiger partial charge in [0.15, 0.2) is 11.6 Å². The van der Waals surface area contributed by atoms with Gasteiger partial charge in [0, 0.05) is 5.92 Å². The minimum absolute atomic E-state index is 0.00967. The van der Waals surface area contributed by atoms with Crippen molar-refractivity contribution in [2.45, 2.75) is 41.0 Å². The summed E-state index contributed by atoms with van der Waals surface area (Å²) in [5.74, 6) is -1.43. The molecule has 4 nitrogen and oxygen atoms in total. The zero-order chi connectivity index (χ0) is 14.6. The maximum Gasteiger partial charge on any atom is 0.259 e. The van der Waals surface area contributed by atoms with Crippen molar-refractivity contribution >= 4 is 5.78 Å². The number of carbonyl (C=O) groups is 1. The van der Waals surface area contributed by atoms with Gasteiger partial charge in [-0.25, -0.2) is 4.98 Å². The van der Waals surface area contributed by atoms with Gasteiger partial charge in [-0.1, -0.05) is 34.6 Å². The van der Waals surface area contributed by atoms with Crippen LogP contribution in [0, 0.1) is 17.3 Å². The molecular weight excluding hydrogens is 247 g/mol. The lowest BCUT2D eigenvalue weighted by Gasteiger charge is -2.18. The van der Waals surface area contributed by atoms with E-state index in [1.165, 1.54) is 6.20 Å². The van der Waals surface area contributed by atoms with Gasteiger partial charge in [0.2, 0.25) is 5.78 Å². The van der Waals surface area contributed by atoms with Crippen molar-refractivity contribution in [3.05, 3.63) is 18.0 Å². The Bertz CT molecular complexity index is 453. The highest BCUT2D eigenvalue weighted by Gasteiger charge is 2.17. The van der Waals surface area contributed by atoms with Crippen LogP contribution in [0.1, 0.15) is 51.7 Å². The smallest absolute Gasteiger partial charge is 0.259 e. The summed E-state index contributed by atoms with van der Waals surface area (Å²) in [5, 5.41) is 0. The van der Waals surface area contributed by atoms with E-state index in [0.717, 1.165) is 6.42 Å². The number of nitrogens with zero attached hydrogens (tertiary/aromatic N) is 2. The van der Waals surface area contributed by atoms with Crippen LogP contribution in [0.4, 0.5) is 4.39 Å². The third-order valence-electron chi connectivity index (χ3n) is 2.57. The lowest BCUT2D eigenvalue weighted by atomic mass is 9.93. The molecule has 0 aliphatic carbocycles. The molecule has 5 heteroatoms. The molecule has 0 spiro atoms. The molecule has 0 N–H and O–H groups in total. The highest BCUT2D eigenvalue weighted by molar-refractivity contribution is 5.93. The fraction of sp³-hybridized carbons (Fsp3) is 0.643. The first kappa shape index (κ1) is 15.5. The van der Waals surface area contributed by atoms with Crippen molar-refractivity contribution in [2.75, 3.05) is 6.61 Å². The lowest BCUT2D eigenvalue weighted by Crippen LogP contribution is -2.15. The van der Waals surface area contributed by atoms with Crippen LogP contribution >= 0.6 is 0 Å². The molecule has 0 saturated heterocycles. The van der Waals surface area contributed by atoms with E-state index in [4.69, 9.17) is 4.74 Å². The number of Topliss-reactive ketones (excluding diaryl/α,β-unsaturated/α-hetero) is 1. The number of rotatable bonds is 5. The molecule has 0 aliphatic rings. The van der Waals surface area contributed by atoms with Gasteiger partial charge in [0.25, 0.3) is 5.95 Å². The molecule has 0 amide bonds. The van der Waals surface area contributed by atoms with Crippen LogP contribution in [0.25, 0.3) is 0 Å². The molecule has 1 aromatic heterocycles. The Morgan fingerprint density at radius 2 is 2.05 bits per heavy atom. The third-order valence-corrected chi connectivity index (χ3v) is 2.57. The van der Waals surface area contributed by atoms with Crippen LogP contribution in [-0.4, -0.2) is 22.4 Å². The van der Waals surface area contributed by atoms with Gasteiger partial charge < -0.3 is 4.74 Å². The first-order chi connectivity index (χ1) is 8.70. The number of ketones is 1. The summed E-state index contributed by atoms with van der Waals surface area (Å²) >= 11 is 0. The lowest BCUT2D eigenvalue weighted by molar-refractivity contribution is 0.0927. The quantitative estimate of drug-likeness (QED) is 0.607. The molecule has 0 fully saturated rings. The van der Waals surface area contributed by atoms with Crippen molar-refractivity contribution in [3.63, 3.8) is 0 Å². The largest absolute Gasteiger partial charge is 0.487 e. The Labute approximate surface area is 113 Å². The number of hydrogen-bond donors (Lipinski definition) is 0. The number of aromatic nitrogens is 2. The van der Waals surface area contributed by atoms with E-state index in [2.05, 4.69) is 30.7 Å². The molecule has 106 valence electrons. The molecule has 1 rings (SSSR count). The molecule has 0 aromatic carbocycles. The maximum absolute atomic E-state index is 13.7. The van der Waals surface area contributed by atoms with Gasteiger partial charge in [-0.2, -0.15) is 9.37 Å². The van der Waals surface area contributed by atoms with E-state index < -0.39 is 5.95 Å². The first-order valence-electron chi connectivity index (χ1n) is 6.40. The predicted octanol–water partition coefficient (Wildman–Crippen LogP) is 3.27. The zero-order valence-corrected chi connectivity index (χ0v) is 12.2. The summed E-state index contributed by atoms with van der Waals surface area (Å²) in [6.45, 7) is 10.1. The molecule has 0 saturated carbocycles.